The van der Waals surface area contributed by atoms with Crippen molar-refractivity contribution in [1.82, 2.24) is 10.2 Å². The molecule has 4 nitrogen and oxygen atoms in total. The normalized spacial score (nSPS) is 15.8. The lowest BCUT2D eigenvalue weighted by atomic mass is 10.1. The molecule has 1 saturated heterocycles. The second kappa shape index (κ2) is 8.12. The zero-order valence-corrected chi connectivity index (χ0v) is 14.4. The summed E-state index contributed by atoms with van der Waals surface area (Å²) < 4.78 is 19.6. The molecule has 0 atom stereocenters. The Hall–Kier alpha value is -2.40. The number of hydrogen-bond donors (Lipinski definition) is 1. The summed E-state index contributed by atoms with van der Waals surface area (Å²) in [5.41, 5.74) is 1.00. The van der Waals surface area contributed by atoms with E-state index < -0.39 is 11.7 Å². The summed E-state index contributed by atoms with van der Waals surface area (Å²) in [6.07, 6.45) is 2.34. The van der Waals surface area contributed by atoms with E-state index in [1.54, 1.807) is 12.1 Å². The van der Waals surface area contributed by atoms with Crippen LogP contribution in [0.4, 0.5) is 4.39 Å². The van der Waals surface area contributed by atoms with Crippen LogP contribution in [-0.4, -0.2) is 37.0 Å². The summed E-state index contributed by atoms with van der Waals surface area (Å²) in [7, 11) is 2.13. The van der Waals surface area contributed by atoms with E-state index in [2.05, 4.69) is 17.3 Å². The molecule has 0 aromatic heterocycles. The fourth-order valence-electron chi connectivity index (χ4n) is 2.90. The van der Waals surface area contributed by atoms with E-state index in [4.69, 9.17) is 4.74 Å². The molecule has 1 fully saturated rings. The summed E-state index contributed by atoms with van der Waals surface area (Å²) in [5.74, 6) is -0.0784. The highest BCUT2D eigenvalue weighted by Crippen LogP contribution is 2.19. The zero-order valence-electron chi connectivity index (χ0n) is 14.4. The molecule has 0 radical (unpaired) electrons. The van der Waals surface area contributed by atoms with Crippen molar-refractivity contribution in [2.75, 3.05) is 20.1 Å². The third-order valence-corrected chi connectivity index (χ3v) is 4.46. The smallest absolute Gasteiger partial charge is 0.254 e. The van der Waals surface area contributed by atoms with Crippen LogP contribution in [-0.2, 0) is 6.54 Å². The fraction of sp³-hybridized carbons (Fsp3) is 0.350. The minimum absolute atomic E-state index is 0.0599. The highest BCUT2D eigenvalue weighted by atomic mass is 19.1. The third kappa shape index (κ3) is 4.79. The number of piperidine rings is 1. The lowest BCUT2D eigenvalue weighted by Crippen LogP contribution is -2.35. The molecule has 3 rings (SSSR count). The second-order valence-corrected chi connectivity index (χ2v) is 6.43. The summed E-state index contributed by atoms with van der Waals surface area (Å²) in [6, 6.07) is 13.7. The van der Waals surface area contributed by atoms with Crippen LogP contribution in [0.15, 0.2) is 48.5 Å². The molecule has 1 aliphatic heterocycles. The first-order chi connectivity index (χ1) is 12.1. The quantitative estimate of drug-likeness (QED) is 0.907. The van der Waals surface area contributed by atoms with Crippen molar-refractivity contribution in [1.29, 1.82) is 0 Å². The summed E-state index contributed by atoms with van der Waals surface area (Å²) >= 11 is 0. The molecule has 0 bridgehead atoms. The van der Waals surface area contributed by atoms with E-state index in [0.29, 0.717) is 6.54 Å². The maximum atomic E-state index is 13.6. The molecule has 132 valence electrons. The Morgan fingerprint density at radius 1 is 1.16 bits per heavy atom. The van der Waals surface area contributed by atoms with Gasteiger partial charge in [-0.2, -0.15) is 0 Å². The molecule has 1 aliphatic rings. The van der Waals surface area contributed by atoms with E-state index in [1.807, 2.05) is 24.3 Å². The maximum Gasteiger partial charge on any atom is 0.254 e. The van der Waals surface area contributed by atoms with Crippen LogP contribution in [0, 0.1) is 5.82 Å². The van der Waals surface area contributed by atoms with Gasteiger partial charge in [0, 0.05) is 19.6 Å². The molecule has 0 spiro atoms. The molecule has 0 saturated carbocycles. The second-order valence-electron chi connectivity index (χ2n) is 6.43. The Bertz CT molecular complexity index is 710. The Balaban J connectivity index is 1.51. The molecule has 2 aromatic rings. The Morgan fingerprint density at radius 3 is 2.52 bits per heavy atom. The minimum atomic E-state index is -0.512. The van der Waals surface area contributed by atoms with Crippen molar-refractivity contribution in [3.8, 4) is 5.75 Å². The van der Waals surface area contributed by atoms with Gasteiger partial charge in [-0.15, -0.1) is 0 Å². The summed E-state index contributed by atoms with van der Waals surface area (Å²) in [5, 5.41) is 2.74. The number of rotatable bonds is 5. The van der Waals surface area contributed by atoms with Gasteiger partial charge in [0.1, 0.15) is 17.7 Å². The summed E-state index contributed by atoms with van der Waals surface area (Å²) in [4.78, 5) is 14.3. The minimum Gasteiger partial charge on any atom is -0.490 e. The number of carbonyl (C=O) groups excluding carboxylic acids is 1. The zero-order chi connectivity index (χ0) is 17.6. The number of carbonyl (C=O) groups is 1. The first kappa shape index (κ1) is 17.4. The standard InChI is InChI=1S/C20H23FN2O2/c1-23-12-10-17(11-13-23)25-16-8-6-15(7-9-16)14-22-20(24)18-4-2-3-5-19(18)21/h2-9,17H,10-14H2,1H3,(H,22,24). The van der Waals surface area contributed by atoms with Crippen molar-refractivity contribution in [2.45, 2.75) is 25.5 Å². The molecule has 1 amide bonds. The van der Waals surface area contributed by atoms with Gasteiger partial charge in [-0.1, -0.05) is 24.3 Å². The fourth-order valence-corrected chi connectivity index (χ4v) is 2.90. The Morgan fingerprint density at radius 2 is 1.84 bits per heavy atom. The molecule has 1 heterocycles. The van der Waals surface area contributed by atoms with Gasteiger partial charge in [0.15, 0.2) is 0 Å². The first-order valence-corrected chi connectivity index (χ1v) is 8.58. The average Bonchev–Trinajstić information content (AvgIpc) is 2.63. The van der Waals surface area contributed by atoms with Crippen molar-refractivity contribution >= 4 is 5.91 Å². The van der Waals surface area contributed by atoms with Crippen LogP contribution in [0.1, 0.15) is 28.8 Å². The molecular weight excluding hydrogens is 319 g/mol. The lowest BCUT2D eigenvalue weighted by Gasteiger charge is -2.29. The predicted molar refractivity (Wildman–Crippen MR) is 95.2 cm³/mol. The molecular formula is C20H23FN2O2. The van der Waals surface area contributed by atoms with Crippen LogP contribution in [0.25, 0.3) is 0 Å². The monoisotopic (exact) mass is 342 g/mol. The highest BCUT2D eigenvalue weighted by Gasteiger charge is 2.17. The van der Waals surface area contributed by atoms with Gasteiger partial charge < -0.3 is 15.0 Å². The number of benzene rings is 2. The maximum absolute atomic E-state index is 13.6. The van der Waals surface area contributed by atoms with Gasteiger partial charge >= 0.3 is 0 Å². The Labute approximate surface area is 147 Å². The number of ether oxygens (including phenoxy) is 1. The number of halogens is 1. The SMILES string of the molecule is CN1CCC(Oc2ccc(CNC(=O)c3ccccc3F)cc2)CC1. The topological polar surface area (TPSA) is 41.6 Å². The Kier molecular flexibility index (Phi) is 5.66. The van der Waals surface area contributed by atoms with Crippen molar-refractivity contribution < 1.29 is 13.9 Å². The number of nitrogens with zero attached hydrogens (tertiary/aromatic N) is 1. The van der Waals surface area contributed by atoms with Gasteiger partial charge in [0.2, 0.25) is 0 Å². The van der Waals surface area contributed by atoms with E-state index in [1.165, 1.54) is 12.1 Å². The van der Waals surface area contributed by atoms with Crippen LogP contribution in [0.2, 0.25) is 0 Å². The number of hydrogen-bond acceptors (Lipinski definition) is 3. The van der Waals surface area contributed by atoms with E-state index in [0.717, 1.165) is 37.2 Å². The van der Waals surface area contributed by atoms with E-state index in [9.17, 15) is 9.18 Å². The van der Waals surface area contributed by atoms with Gasteiger partial charge in [-0.05, 0) is 49.7 Å². The van der Waals surface area contributed by atoms with Crippen LogP contribution in [0.3, 0.4) is 0 Å². The molecule has 2 aromatic carbocycles. The van der Waals surface area contributed by atoms with Gasteiger partial charge in [0.25, 0.3) is 5.91 Å². The number of nitrogens with one attached hydrogen (secondary N) is 1. The van der Waals surface area contributed by atoms with Crippen LogP contribution in [0.5, 0.6) is 5.75 Å². The van der Waals surface area contributed by atoms with Gasteiger partial charge in [-0.3, -0.25) is 4.79 Å². The predicted octanol–water partition coefficient (Wildman–Crippen LogP) is 3.23. The molecule has 25 heavy (non-hydrogen) atoms. The average molecular weight is 342 g/mol. The van der Waals surface area contributed by atoms with Crippen LogP contribution < -0.4 is 10.1 Å². The summed E-state index contributed by atoms with van der Waals surface area (Å²) in [6.45, 7) is 2.47. The van der Waals surface area contributed by atoms with Crippen molar-refractivity contribution in [3.63, 3.8) is 0 Å². The van der Waals surface area contributed by atoms with Gasteiger partial charge in [-0.25, -0.2) is 4.39 Å². The van der Waals surface area contributed by atoms with E-state index >= 15 is 0 Å². The van der Waals surface area contributed by atoms with Crippen molar-refractivity contribution in [3.05, 3.63) is 65.5 Å². The van der Waals surface area contributed by atoms with Crippen molar-refractivity contribution in [2.24, 2.45) is 0 Å². The molecule has 0 aliphatic carbocycles. The van der Waals surface area contributed by atoms with Crippen LogP contribution >= 0.6 is 0 Å². The number of amides is 1. The molecule has 5 heteroatoms. The number of likely N-dealkylation sites (tertiary alicyclic amines) is 1. The lowest BCUT2D eigenvalue weighted by molar-refractivity contribution is 0.0947. The highest BCUT2D eigenvalue weighted by molar-refractivity contribution is 5.94. The first-order valence-electron chi connectivity index (χ1n) is 8.58. The third-order valence-electron chi connectivity index (χ3n) is 4.46. The molecule has 1 N–H and O–H groups in total. The van der Waals surface area contributed by atoms with Gasteiger partial charge in [0.05, 0.1) is 5.56 Å². The molecule has 0 unspecified atom stereocenters. The largest absolute Gasteiger partial charge is 0.490 e. The van der Waals surface area contributed by atoms with E-state index in [-0.39, 0.29) is 11.7 Å².